The Morgan fingerprint density at radius 3 is 3.29 bits per heavy atom. The van der Waals surface area contributed by atoms with Crippen LogP contribution in [0.1, 0.15) is 32.1 Å². The minimum Gasteiger partial charge on any atom is -0.448 e. The molecule has 1 unspecified atom stereocenters. The third kappa shape index (κ3) is 2.35. The highest BCUT2D eigenvalue weighted by molar-refractivity contribution is 4.82. The summed E-state index contributed by atoms with van der Waals surface area (Å²) in [5.74, 6) is 1.72. The van der Waals surface area contributed by atoms with Gasteiger partial charge in [-0.05, 0) is 25.3 Å². The average molecular weight is 194 g/mol. The second-order valence-corrected chi connectivity index (χ2v) is 4.08. The van der Waals surface area contributed by atoms with E-state index in [0.717, 1.165) is 18.4 Å². The first kappa shape index (κ1) is 9.71. The lowest BCUT2D eigenvalue weighted by molar-refractivity contribution is 0.152. The normalized spacial score (nSPS) is 23.9. The highest BCUT2D eigenvalue weighted by Crippen LogP contribution is 2.20. The molecule has 3 nitrogen and oxygen atoms in total. The monoisotopic (exact) mass is 194 g/mol. The van der Waals surface area contributed by atoms with E-state index >= 15 is 0 Å². The van der Waals surface area contributed by atoms with Crippen molar-refractivity contribution >= 4 is 0 Å². The number of oxazole rings is 1. The topological polar surface area (TPSA) is 29.3 Å². The van der Waals surface area contributed by atoms with E-state index in [1.807, 2.05) is 0 Å². The van der Waals surface area contributed by atoms with E-state index in [-0.39, 0.29) is 0 Å². The van der Waals surface area contributed by atoms with Gasteiger partial charge in [0.05, 0.1) is 12.7 Å². The maximum Gasteiger partial charge on any atom is 0.208 e. The van der Waals surface area contributed by atoms with Crippen LogP contribution in [0.5, 0.6) is 0 Å². The van der Waals surface area contributed by atoms with Crippen LogP contribution in [0.15, 0.2) is 16.9 Å². The van der Waals surface area contributed by atoms with Crippen molar-refractivity contribution in [2.45, 2.75) is 32.7 Å². The van der Waals surface area contributed by atoms with Gasteiger partial charge in [0, 0.05) is 6.54 Å². The summed E-state index contributed by atoms with van der Waals surface area (Å²) in [4.78, 5) is 6.60. The van der Waals surface area contributed by atoms with E-state index in [9.17, 15) is 0 Å². The van der Waals surface area contributed by atoms with Crippen LogP contribution in [0.2, 0.25) is 0 Å². The van der Waals surface area contributed by atoms with Gasteiger partial charge in [-0.3, -0.25) is 4.90 Å². The molecule has 0 amide bonds. The molecule has 14 heavy (non-hydrogen) atoms. The molecule has 3 heteroatoms. The molecule has 0 spiro atoms. The molecule has 1 fully saturated rings. The Morgan fingerprint density at radius 2 is 2.57 bits per heavy atom. The maximum atomic E-state index is 5.25. The SMILES string of the molecule is CCC1CCCN(Cc2ncco2)C1. The van der Waals surface area contributed by atoms with Crippen LogP contribution in [0.25, 0.3) is 0 Å². The van der Waals surface area contributed by atoms with Crippen molar-refractivity contribution < 1.29 is 4.42 Å². The molecule has 0 aliphatic carbocycles. The Kier molecular flexibility index (Phi) is 3.19. The Hall–Kier alpha value is -0.830. The van der Waals surface area contributed by atoms with Crippen LogP contribution in [-0.4, -0.2) is 23.0 Å². The van der Waals surface area contributed by atoms with Gasteiger partial charge >= 0.3 is 0 Å². The van der Waals surface area contributed by atoms with E-state index in [2.05, 4.69) is 16.8 Å². The van der Waals surface area contributed by atoms with Crippen molar-refractivity contribution in [2.24, 2.45) is 5.92 Å². The highest BCUT2D eigenvalue weighted by Gasteiger charge is 2.19. The summed E-state index contributed by atoms with van der Waals surface area (Å²) in [6.07, 6.45) is 7.37. The van der Waals surface area contributed by atoms with Gasteiger partial charge in [0.1, 0.15) is 6.26 Å². The molecule has 1 atom stereocenters. The Morgan fingerprint density at radius 1 is 1.64 bits per heavy atom. The number of nitrogens with zero attached hydrogens (tertiary/aromatic N) is 2. The largest absolute Gasteiger partial charge is 0.448 e. The van der Waals surface area contributed by atoms with E-state index < -0.39 is 0 Å². The molecule has 0 radical (unpaired) electrons. The summed E-state index contributed by atoms with van der Waals surface area (Å²) < 4.78 is 5.25. The van der Waals surface area contributed by atoms with Crippen LogP contribution in [0.3, 0.4) is 0 Å². The predicted octanol–water partition coefficient (Wildman–Crippen LogP) is 2.30. The molecule has 1 aliphatic rings. The third-order valence-electron chi connectivity index (χ3n) is 3.02. The predicted molar refractivity (Wildman–Crippen MR) is 54.8 cm³/mol. The molecule has 0 saturated carbocycles. The maximum absolute atomic E-state index is 5.25. The van der Waals surface area contributed by atoms with Crippen molar-refractivity contribution in [1.29, 1.82) is 0 Å². The van der Waals surface area contributed by atoms with Crippen molar-refractivity contribution in [3.05, 3.63) is 18.4 Å². The van der Waals surface area contributed by atoms with Crippen LogP contribution in [-0.2, 0) is 6.54 Å². The van der Waals surface area contributed by atoms with Crippen LogP contribution < -0.4 is 0 Å². The summed E-state index contributed by atoms with van der Waals surface area (Å²) in [7, 11) is 0. The van der Waals surface area contributed by atoms with Gasteiger partial charge in [-0.15, -0.1) is 0 Å². The molecule has 1 aromatic heterocycles. The van der Waals surface area contributed by atoms with Crippen LogP contribution in [0, 0.1) is 5.92 Å². The van der Waals surface area contributed by atoms with Crippen LogP contribution >= 0.6 is 0 Å². The summed E-state index contributed by atoms with van der Waals surface area (Å²) >= 11 is 0. The van der Waals surface area contributed by atoms with Gasteiger partial charge in [-0.2, -0.15) is 0 Å². The van der Waals surface area contributed by atoms with Gasteiger partial charge in [-0.1, -0.05) is 13.3 Å². The fraction of sp³-hybridized carbons (Fsp3) is 0.727. The molecule has 1 aliphatic heterocycles. The zero-order valence-corrected chi connectivity index (χ0v) is 8.78. The minimum absolute atomic E-state index is 0.849. The summed E-state index contributed by atoms with van der Waals surface area (Å²) in [6.45, 7) is 5.56. The van der Waals surface area contributed by atoms with Crippen molar-refractivity contribution in [2.75, 3.05) is 13.1 Å². The molecule has 0 aromatic carbocycles. The number of likely N-dealkylation sites (tertiary alicyclic amines) is 1. The Bertz CT molecular complexity index is 258. The fourth-order valence-electron chi connectivity index (χ4n) is 2.15. The molecule has 1 saturated heterocycles. The van der Waals surface area contributed by atoms with Gasteiger partial charge in [0.25, 0.3) is 0 Å². The molecule has 0 bridgehead atoms. The average Bonchev–Trinajstić information content (AvgIpc) is 2.71. The molecular formula is C11H18N2O. The molecule has 2 rings (SSSR count). The van der Waals surface area contributed by atoms with Gasteiger partial charge in [0.15, 0.2) is 0 Å². The second kappa shape index (κ2) is 4.60. The number of aromatic nitrogens is 1. The number of hydrogen-bond donors (Lipinski definition) is 0. The van der Waals surface area contributed by atoms with E-state index in [1.54, 1.807) is 12.5 Å². The van der Waals surface area contributed by atoms with E-state index in [4.69, 9.17) is 4.42 Å². The molecular weight excluding hydrogens is 176 g/mol. The second-order valence-electron chi connectivity index (χ2n) is 4.08. The highest BCUT2D eigenvalue weighted by atomic mass is 16.3. The number of rotatable bonds is 3. The fourth-order valence-corrected chi connectivity index (χ4v) is 2.15. The zero-order valence-electron chi connectivity index (χ0n) is 8.78. The Balaban J connectivity index is 1.86. The number of piperidine rings is 1. The van der Waals surface area contributed by atoms with Crippen molar-refractivity contribution in [3.63, 3.8) is 0 Å². The van der Waals surface area contributed by atoms with Crippen molar-refractivity contribution in [3.8, 4) is 0 Å². The summed E-state index contributed by atoms with van der Waals surface area (Å²) in [6, 6.07) is 0. The summed E-state index contributed by atoms with van der Waals surface area (Å²) in [5, 5.41) is 0. The third-order valence-corrected chi connectivity index (χ3v) is 3.02. The molecule has 78 valence electrons. The zero-order chi connectivity index (χ0) is 9.80. The Labute approximate surface area is 85.1 Å². The summed E-state index contributed by atoms with van der Waals surface area (Å²) in [5.41, 5.74) is 0. The van der Waals surface area contributed by atoms with E-state index in [1.165, 1.54) is 32.4 Å². The molecule has 1 aromatic rings. The minimum atomic E-state index is 0.849. The first-order chi connectivity index (χ1) is 6.88. The van der Waals surface area contributed by atoms with E-state index in [0.29, 0.717) is 0 Å². The molecule has 0 N–H and O–H groups in total. The first-order valence-electron chi connectivity index (χ1n) is 5.49. The first-order valence-corrected chi connectivity index (χ1v) is 5.49. The lowest BCUT2D eigenvalue weighted by atomic mass is 9.96. The van der Waals surface area contributed by atoms with Crippen LogP contribution in [0.4, 0.5) is 0 Å². The van der Waals surface area contributed by atoms with Crippen molar-refractivity contribution in [1.82, 2.24) is 9.88 Å². The quantitative estimate of drug-likeness (QED) is 0.739. The standard InChI is InChI=1S/C11H18N2O/c1-2-10-4-3-6-13(8-10)9-11-12-5-7-14-11/h5,7,10H,2-4,6,8-9H2,1H3. The van der Waals surface area contributed by atoms with Gasteiger partial charge in [0.2, 0.25) is 5.89 Å². The lowest BCUT2D eigenvalue weighted by Gasteiger charge is -2.31. The smallest absolute Gasteiger partial charge is 0.208 e. The lowest BCUT2D eigenvalue weighted by Crippen LogP contribution is -2.34. The van der Waals surface area contributed by atoms with Gasteiger partial charge in [-0.25, -0.2) is 4.98 Å². The number of hydrogen-bond acceptors (Lipinski definition) is 3. The van der Waals surface area contributed by atoms with Gasteiger partial charge < -0.3 is 4.42 Å². The molecule has 2 heterocycles.